The van der Waals surface area contributed by atoms with Crippen LogP contribution in [0.2, 0.25) is 0 Å². The normalized spacial score (nSPS) is 10.8. The third-order valence-electron chi connectivity index (χ3n) is 2.22. The van der Waals surface area contributed by atoms with E-state index in [0.717, 1.165) is 11.3 Å². The molecule has 1 rings (SSSR count). The highest BCUT2D eigenvalue weighted by molar-refractivity contribution is 5.82. The van der Waals surface area contributed by atoms with Gasteiger partial charge in [0, 0.05) is 0 Å². The summed E-state index contributed by atoms with van der Waals surface area (Å²) in [5.41, 5.74) is 11.2. The Morgan fingerprint density at radius 2 is 2.00 bits per heavy atom. The van der Waals surface area contributed by atoms with Crippen molar-refractivity contribution >= 4 is 12.2 Å². The first kappa shape index (κ1) is 15.8. The van der Waals surface area contributed by atoms with Gasteiger partial charge in [-0.2, -0.15) is 5.10 Å². The zero-order valence-corrected chi connectivity index (χ0v) is 12.2. The molecule has 0 amide bonds. The fraction of sp³-hybridized carbons (Fsp3) is 0.429. The van der Waals surface area contributed by atoms with Gasteiger partial charge in [0.2, 0.25) is 5.96 Å². The van der Waals surface area contributed by atoms with Crippen molar-refractivity contribution < 1.29 is 9.47 Å². The molecule has 0 aliphatic rings. The van der Waals surface area contributed by atoms with E-state index in [2.05, 4.69) is 24.1 Å². The number of hydrogen-bond acceptors (Lipinski definition) is 4. The summed E-state index contributed by atoms with van der Waals surface area (Å²) in [6.07, 6.45) is 1.55. The molecule has 1 aromatic carbocycles. The Morgan fingerprint density at radius 3 is 2.60 bits per heavy atom. The molecule has 0 atom stereocenters. The summed E-state index contributed by atoms with van der Waals surface area (Å²) in [4.78, 5) is 0. The van der Waals surface area contributed by atoms with Gasteiger partial charge in [-0.25, -0.2) is 0 Å². The minimum atomic E-state index is -0.0804. The van der Waals surface area contributed by atoms with Crippen LogP contribution in [0.4, 0.5) is 0 Å². The van der Waals surface area contributed by atoms with Crippen LogP contribution in [0, 0.1) is 5.92 Å². The molecule has 1 aromatic rings. The largest absolute Gasteiger partial charge is 0.490 e. The first-order valence-electron chi connectivity index (χ1n) is 6.54. The maximum absolute atomic E-state index is 5.71. The summed E-state index contributed by atoms with van der Waals surface area (Å²) < 4.78 is 11.3. The van der Waals surface area contributed by atoms with Gasteiger partial charge in [-0.1, -0.05) is 13.8 Å². The van der Waals surface area contributed by atoms with Gasteiger partial charge in [0.1, 0.15) is 0 Å². The lowest BCUT2D eigenvalue weighted by atomic mass is 10.2. The second kappa shape index (κ2) is 8.04. The molecule has 0 spiro atoms. The molecule has 20 heavy (non-hydrogen) atoms. The summed E-state index contributed by atoms with van der Waals surface area (Å²) in [5.74, 6) is 1.78. The van der Waals surface area contributed by atoms with Crippen LogP contribution >= 0.6 is 0 Å². The maximum Gasteiger partial charge on any atom is 0.211 e. The van der Waals surface area contributed by atoms with Gasteiger partial charge in [0.05, 0.1) is 19.4 Å². The second-order valence-corrected chi connectivity index (χ2v) is 4.61. The van der Waals surface area contributed by atoms with Crippen molar-refractivity contribution in [2.45, 2.75) is 20.8 Å². The van der Waals surface area contributed by atoms with Gasteiger partial charge in [0.15, 0.2) is 11.5 Å². The van der Waals surface area contributed by atoms with Crippen molar-refractivity contribution in [2.24, 2.45) is 27.6 Å². The van der Waals surface area contributed by atoms with E-state index in [1.807, 2.05) is 25.1 Å². The van der Waals surface area contributed by atoms with E-state index in [4.69, 9.17) is 20.9 Å². The van der Waals surface area contributed by atoms with Gasteiger partial charge in [-0.3, -0.25) is 0 Å². The summed E-state index contributed by atoms with van der Waals surface area (Å²) >= 11 is 0. The number of guanidine groups is 1. The highest BCUT2D eigenvalue weighted by Crippen LogP contribution is 2.28. The van der Waals surface area contributed by atoms with Crippen molar-refractivity contribution in [2.75, 3.05) is 13.2 Å². The molecule has 0 radical (unpaired) electrons. The molecule has 4 N–H and O–H groups in total. The molecule has 0 saturated heterocycles. The average molecular weight is 278 g/mol. The Morgan fingerprint density at radius 1 is 1.25 bits per heavy atom. The van der Waals surface area contributed by atoms with Crippen LogP contribution in [-0.2, 0) is 0 Å². The SMILES string of the molecule is CCOc1cc(/C=N\N=C(N)N)ccc1OCC(C)C. The molecule has 110 valence electrons. The lowest BCUT2D eigenvalue weighted by Gasteiger charge is -2.13. The zero-order valence-electron chi connectivity index (χ0n) is 12.2. The predicted molar refractivity (Wildman–Crippen MR) is 81.3 cm³/mol. The molecule has 0 unspecified atom stereocenters. The Hall–Kier alpha value is -2.24. The van der Waals surface area contributed by atoms with Crippen LogP contribution < -0.4 is 20.9 Å². The van der Waals surface area contributed by atoms with E-state index in [9.17, 15) is 0 Å². The van der Waals surface area contributed by atoms with Gasteiger partial charge >= 0.3 is 0 Å². The zero-order chi connectivity index (χ0) is 15.0. The van der Waals surface area contributed by atoms with E-state index in [1.165, 1.54) is 0 Å². The summed E-state index contributed by atoms with van der Waals surface area (Å²) in [5, 5.41) is 7.31. The van der Waals surface area contributed by atoms with Crippen molar-refractivity contribution in [1.82, 2.24) is 0 Å². The van der Waals surface area contributed by atoms with E-state index in [0.29, 0.717) is 24.9 Å². The average Bonchev–Trinajstić information content (AvgIpc) is 2.37. The van der Waals surface area contributed by atoms with Gasteiger partial charge in [-0.15, -0.1) is 5.10 Å². The molecular formula is C14H22N4O2. The van der Waals surface area contributed by atoms with Crippen LogP contribution in [0.3, 0.4) is 0 Å². The smallest absolute Gasteiger partial charge is 0.211 e. The number of nitrogens with zero attached hydrogens (tertiary/aromatic N) is 2. The fourth-order valence-corrected chi connectivity index (χ4v) is 1.41. The molecule has 0 aliphatic carbocycles. The number of hydrogen-bond donors (Lipinski definition) is 2. The minimum absolute atomic E-state index is 0.0804. The van der Waals surface area contributed by atoms with E-state index in [1.54, 1.807) is 6.21 Å². The van der Waals surface area contributed by atoms with E-state index < -0.39 is 0 Å². The fourth-order valence-electron chi connectivity index (χ4n) is 1.41. The van der Waals surface area contributed by atoms with E-state index >= 15 is 0 Å². The Kier molecular flexibility index (Phi) is 6.36. The number of nitrogens with two attached hydrogens (primary N) is 2. The quantitative estimate of drug-likeness (QED) is 0.451. The highest BCUT2D eigenvalue weighted by atomic mass is 16.5. The van der Waals surface area contributed by atoms with Gasteiger partial charge in [-0.05, 0) is 36.6 Å². The van der Waals surface area contributed by atoms with Crippen LogP contribution in [0.5, 0.6) is 11.5 Å². The predicted octanol–water partition coefficient (Wildman–Crippen LogP) is 1.73. The number of rotatable bonds is 7. The Labute approximate surface area is 119 Å². The molecular weight excluding hydrogens is 256 g/mol. The standard InChI is InChI=1S/C14H22N4O2/c1-4-19-13-7-11(8-17-18-14(15)16)5-6-12(13)20-9-10(2)3/h5-8,10H,4,9H2,1-3H3,(H4,15,16,18)/b17-8-. The molecule has 0 aromatic heterocycles. The van der Waals surface area contributed by atoms with E-state index in [-0.39, 0.29) is 5.96 Å². The number of benzene rings is 1. The van der Waals surface area contributed by atoms with Crippen molar-refractivity contribution in [3.8, 4) is 11.5 Å². The molecule has 6 nitrogen and oxygen atoms in total. The van der Waals surface area contributed by atoms with Crippen LogP contribution in [0.15, 0.2) is 28.4 Å². The molecule has 0 saturated carbocycles. The first-order chi connectivity index (χ1) is 9.52. The Bertz CT molecular complexity index is 480. The molecule has 0 heterocycles. The van der Waals surface area contributed by atoms with Crippen molar-refractivity contribution in [3.05, 3.63) is 23.8 Å². The molecule has 6 heteroatoms. The third-order valence-corrected chi connectivity index (χ3v) is 2.22. The van der Waals surface area contributed by atoms with Crippen molar-refractivity contribution in [3.63, 3.8) is 0 Å². The maximum atomic E-state index is 5.71. The van der Waals surface area contributed by atoms with Gasteiger partial charge in [0.25, 0.3) is 0 Å². The second-order valence-electron chi connectivity index (χ2n) is 4.61. The summed E-state index contributed by atoms with van der Waals surface area (Å²) in [7, 11) is 0. The molecule has 0 bridgehead atoms. The topological polar surface area (TPSA) is 95.2 Å². The lowest BCUT2D eigenvalue weighted by Crippen LogP contribution is -2.21. The van der Waals surface area contributed by atoms with Crippen LogP contribution in [0.25, 0.3) is 0 Å². The monoisotopic (exact) mass is 278 g/mol. The lowest BCUT2D eigenvalue weighted by molar-refractivity contribution is 0.248. The van der Waals surface area contributed by atoms with Crippen molar-refractivity contribution in [1.29, 1.82) is 0 Å². The summed E-state index contributed by atoms with van der Waals surface area (Å²) in [6.45, 7) is 7.31. The first-order valence-corrected chi connectivity index (χ1v) is 6.54. The van der Waals surface area contributed by atoms with Gasteiger partial charge < -0.3 is 20.9 Å². The molecule has 0 fully saturated rings. The van der Waals surface area contributed by atoms with Crippen LogP contribution in [-0.4, -0.2) is 25.4 Å². The van der Waals surface area contributed by atoms with Crippen LogP contribution in [0.1, 0.15) is 26.3 Å². The minimum Gasteiger partial charge on any atom is -0.490 e. The third kappa shape index (κ3) is 5.60. The summed E-state index contributed by atoms with van der Waals surface area (Å²) in [6, 6.07) is 5.55. The number of ether oxygens (including phenoxy) is 2. The Balaban J connectivity index is 2.88. The molecule has 0 aliphatic heterocycles. The highest BCUT2D eigenvalue weighted by Gasteiger charge is 2.06.